The summed E-state index contributed by atoms with van der Waals surface area (Å²) in [5.41, 5.74) is -0.298. The number of halogens is 1. The molecule has 1 N–H and O–H groups in total. The van der Waals surface area contributed by atoms with Gasteiger partial charge >= 0.3 is 6.09 Å². The number of likely N-dealkylation sites (tertiary alicyclic amines) is 1. The van der Waals surface area contributed by atoms with Crippen molar-refractivity contribution in [2.75, 3.05) is 45.9 Å². The molecule has 2 aliphatic heterocycles. The third-order valence-electron chi connectivity index (χ3n) is 6.09. The van der Waals surface area contributed by atoms with E-state index in [1.54, 1.807) is 6.20 Å². The highest BCUT2D eigenvalue weighted by Crippen LogP contribution is 2.31. The molecule has 3 aliphatic rings. The number of piperidine rings is 1. The van der Waals surface area contributed by atoms with E-state index in [9.17, 15) is 9.90 Å². The molecule has 0 radical (unpaired) electrons. The number of amides is 1. The van der Waals surface area contributed by atoms with Gasteiger partial charge in [-0.05, 0) is 34.8 Å². The Hall–Kier alpha value is -1.42. The molecule has 2 saturated heterocycles. The highest BCUT2D eigenvalue weighted by molar-refractivity contribution is 9.10. The molecule has 29 heavy (non-hydrogen) atoms. The van der Waals surface area contributed by atoms with Crippen molar-refractivity contribution in [3.63, 3.8) is 0 Å². The summed E-state index contributed by atoms with van der Waals surface area (Å²) in [6, 6.07) is 3.79. The average molecular weight is 470 g/mol. The van der Waals surface area contributed by atoms with E-state index in [0.29, 0.717) is 32.2 Å². The van der Waals surface area contributed by atoms with E-state index in [0.717, 1.165) is 49.8 Å². The first kappa shape index (κ1) is 20.8. The third-order valence-corrected chi connectivity index (χ3v) is 6.56. The lowest BCUT2D eigenvalue weighted by atomic mass is 9.89. The zero-order chi connectivity index (χ0) is 20.3. The van der Waals surface area contributed by atoms with Gasteiger partial charge in [0, 0.05) is 55.8 Å². The monoisotopic (exact) mass is 469 g/mol. The molecule has 1 spiro atoms. The molecule has 0 bridgehead atoms. The van der Waals surface area contributed by atoms with Crippen LogP contribution in [0.15, 0.2) is 22.8 Å². The molecule has 0 unspecified atom stereocenters. The predicted molar refractivity (Wildman–Crippen MR) is 109 cm³/mol. The number of rotatable bonds is 6. The summed E-state index contributed by atoms with van der Waals surface area (Å²) in [5, 5.41) is 9.24. The molecule has 1 aromatic rings. The largest absolute Gasteiger partial charge is 0.474 e. The molecule has 0 atom stereocenters. The number of ether oxygens (including phenoxy) is 3. The van der Waals surface area contributed by atoms with Crippen molar-refractivity contribution in [1.82, 2.24) is 14.8 Å². The molecule has 8 nitrogen and oxygen atoms in total. The SMILES string of the molecule is O=C(O)N1CCOC2(CCN(CCOC3CC(Oc4ccc(Br)cn4)C3)CC2)C1. The van der Waals surface area contributed by atoms with Gasteiger partial charge in [0.2, 0.25) is 5.88 Å². The van der Waals surface area contributed by atoms with Crippen molar-refractivity contribution in [2.24, 2.45) is 0 Å². The van der Waals surface area contributed by atoms with E-state index < -0.39 is 6.09 Å². The summed E-state index contributed by atoms with van der Waals surface area (Å²) in [6.45, 7) is 4.90. The van der Waals surface area contributed by atoms with E-state index in [-0.39, 0.29) is 17.8 Å². The van der Waals surface area contributed by atoms with Gasteiger partial charge in [-0.15, -0.1) is 0 Å². The normalized spacial score (nSPS) is 26.9. The van der Waals surface area contributed by atoms with Gasteiger partial charge in [0.1, 0.15) is 6.10 Å². The summed E-state index contributed by atoms with van der Waals surface area (Å²) < 4.78 is 18.8. The van der Waals surface area contributed by atoms with Crippen LogP contribution in [0.25, 0.3) is 0 Å². The minimum Gasteiger partial charge on any atom is -0.474 e. The van der Waals surface area contributed by atoms with E-state index in [1.807, 2.05) is 12.1 Å². The topological polar surface area (TPSA) is 84.4 Å². The Balaban J connectivity index is 1.10. The number of nitrogens with zero attached hydrogens (tertiary/aromatic N) is 3. The van der Waals surface area contributed by atoms with Crippen molar-refractivity contribution in [2.45, 2.75) is 43.5 Å². The van der Waals surface area contributed by atoms with Gasteiger partial charge in [-0.3, -0.25) is 0 Å². The smallest absolute Gasteiger partial charge is 0.407 e. The van der Waals surface area contributed by atoms with Crippen molar-refractivity contribution < 1.29 is 24.1 Å². The number of aromatic nitrogens is 1. The third kappa shape index (κ3) is 5.39. The van der Waals surface area contributed by atoms with Crippen molar-refractivity contribution in [3.8, 4) is 5.88 Å². The lowest BCUT2D eigenvalue weighted by molar-refractivity contribution is -0.131. The number of morpholine rings is 1. The zero-order valence-corrected chi connectivity index (χ0v) is 18.1. The van der Waals surface area contributed by atoms with Crippen LogP contribution in [0.1, 0.15) is 25.7 Å². The van der Waals surface area contributed by atoms with Crippen LogP contribution >= 0.6 is 15.9 Å². The summed E-state index contributed by atoms with van der Waals surface area (Å²) >= 11 is 3.37. The Morgan fingerprint density at radius 2 is 2.07 bits per heavy atom. The van der Waals surface area contributed by atoms with Crippen LogP contribution in [0.3, 0.4) is 0 Å². The summed E-state index contributed by atoms with van der Waals surface area (Å²) in [7, 11) is 0. The highest BCUT2D eigenvalue weighted by atomic mass is 79.9. The van der Waals surface area contributed by atoms with Gasteiger partial charge in [-0.1, -0.05) is 0 Å². The lowest BCUT2D eigenvalue weighted by Gasteiger charge is -2.46. The Morgan fingerprint density at radius 1 is 1.28 bits per heavy atom. The van der Waals surface area contributed by atoms with Gasteiger partial charge in [-0.25, -0.2) is 9.78 Å². The fourth-order valence-electron chi connectivity index (χ4n) is 4.20. The van der Waals surface area contributed by atoms with Gasteiger partial charge in [-0.2, -0.15) is 0 Å². The maximum atomic E-state index is 11.3. The second kappa shape index (κ2) is 9.16. The molecular formula is C20H28BrN3O5. The van der Waals surface area contributed by atoms with E-state index in [2.05, 4.69) is 25.8 Å². The maximum Gasteiger partial charge on any atom is 0.407 e. The van der Waals surface area contributed by atoms with Crippen LogP contribution in [0.2, 0.25) is 0 Å². The van der Waals surface area contributed by atoms with E-state index in [4.69, 9.17) is 14.2 Å². The molecule has 1 saturated carbocycles. The number of carboxylic acid groups (broad SMARTS) is 1. The number of carbonyl (C=O) groups is 1. The molecule has 3 fully saturated rings. The molecule has 4 rings (SSSR count). The molecule has 0 aromatic carbocycles. The fourth-order valence-corrected chi connectivity index (χ4v) is 4.43. The maximum absolute atomic E-state index is 11.3. The molecule has 160 valence electrons. The van der Waals surface area contributed by atoms with Crippen LogP contribution < -0.4 is 4.74 Å². The summed E-state index contributed by atoms with van der Waals surface area (Å²) in [5.74, 6) is 0.658. The zero-order valence-electron chi connectivity index (χ0n) is 16.5. The van der Waals surface area contributed by atoms with E-state index in [1.165, 1.54) is 4.90 Å². The number of hydrogen-bond acceptors (Lipinski definition) is 6. The van der Waals surface area contributed by atoms with Crippen molar-refractivity contribution in [1.29, 1.82) is 0 Å². The minimum absolute atomic E-state index is 0.184. The molecule has 1 aromatic heterocycles. The van der Waals surface area contributed by atoms with Crippen LogP contribution in [-0.2, 0) is 9.47 Å². The number of hydrogen-bond donors (Lipinski definition) is 1. The van der Waals surface area contributed by atoms with Crippen LogP contribution in [-0.4, -0.2) is 89.7 Å². The first-order valence-electron chi connectivity index (χ1n) is 10.3. The summed E-state index contributed by atoms with van der Waals surface area (Å²) in [4.78, 5) is 19.4. The average Bonchev–Trinajstić information content (AvgIpc) is 2.69. The first-order valence-corrected chi connectivity index (χ1v) is 11.0. The minimum atomic E-state index is -0.845. The standard InChI is InChI=1S/C20H28BrN3O5/c21-15-1-2-18(22-13-15)29-17-11-16(12-17)27-9-7-23-5-3-20(4-6-23)14-24(19(25)26)8-10-28-20/h1-2,13,16-17H,3-12,14H2,(H,25,26). The Labute approximate surface area is 179 Å². The second-order valence-electron chi connectivity index (χ2n) is 8.10. The van der Waals surface area contributed by atoms with Gasteiger partial charge < -0.3 is 29.1 Å². The van der Waals surface area contributed by atoms with Crippen LogP contribution in [0, 0.1) is 0 Å². The quantitative estimate of drug-likeness (QED) is 0.685. The van der Waals surface area contributed by atoms with Crippen molar-refractivity contribution >= 4 is 22.0 Å². The van der Waals surface area contributed by atoms with Crippen LogP contribution in [0.5, 0.6) is 5.88 Å². The summed E-state index contributed by atoms with van der Waals surface area (Å²) in [6.07, 6.45) is 4.89. The lowest BCUT2D eigenvalue weighted by Crippen LogP contribution is -2.58. The van der Waals surface area contributed by atoms with E-state index >= 15 is 0 Å². The Bertz CT molecular complexity index is 690. The predicted octanol–water partition coefficient (Wildman–Crippen LogP) is 2.62. The Morgan fingerprint density at radius 3 is 2.76 bits per heavy atom. The first-order chi connectivity index (χ1) is 14.0. The molecule has 3 heterocycles. The Kier molecular flexibility index (Phi) is 6.58. The van der Waals surface area contributed by atoms with Gasteiger partial charge in [0.25, 0.3) is 0 Å². The van der Waals surface area contributed by atoms with Crippen LogP contribution in [0.4, 0.5) is 4.79 Å². The molecule has 1 amide bonds. The second-order valence-corrected chi connectivity index (χ2v) is 9.01. The molecule has 9 heteroatoms. The molecule has 1 aliphatic carbocycles. The highest BCUT2D eigenvalue weighted by Gasteiger charge is 2.41. The van der Waals surface area contributed by atoms with Gasteiger partial charge in [0.05, 0.1) is 31.5 Å². The molecular weight excluding hydrogens is 442 g/mol. The fraction of sp³-hybridized carbons (Fsp3) is 0.700. The van der Waals surface area contributed by atoms with Gasteiger partial charge in [0.15, 0.2) is 0 Å². The van der Waals surface area contributed by atoms with Crippen molar-refractivity contribution in [3.05, 3.63) is 22.8 Å². The number of pyridine rings is 1.